The van der Waals surface area contributed by atoms with Crippen LogP contribution >= 0.6 is 0 Å². The van der Waals surface area contributed by atoms with E-state index in [1.807, 2.05) is 18.2 Å². The van der Waals surface area contributed by atoms with Crippen LogP contribution in [0, 0.1) is 0 Å². The molecule has 1 aliphatic rings. The van der Waals surface area contributed by atoms with Crippen molar-refractivity contribution in [1.29, 1.82) is 0 Å². The van der Waals surface area contributed by atoms with Gasteiger partial charge in [0.1, 0.15) is 5.76 Å². The van der Waals surface area contributed by atoms with Crippen LogP contribution in [0.15, 0.2) is 83.3 Å². The van der Waals surface area contributed by atoms with E-state index in [2.05, 4.69) is 35.2 Å². The minimum atomic E-state index is -4.41. The molecule has 174 valence electrons. The molecule has 0 N–H and O–H groups in total. The minimum absolute atomic E-state index is 0.379. The number of hydrogen-bond donors (Lipinski definition) is 0. The Morgan fingerprint density at radius 1 is 0.941 bits per heavy atom. The van der Waals surface area contributed by atoms with Gasteiger partial charge in [-0.3, -0.25) is 4.90 Å². The van der Waals surface area contributed by atoms with Gasteiger partial charge < -0.3 is 9.15 Å². The summed E-state index contributed by atoms with van der Waals surface area (Å²) in [6, 6.07) is 21.3. The quantitative estimate of drug-likeness (QED) is 0.308. The van der Waals surface area contributed by atoms with E-state index < -0.39 is 11.7 Å². The topological polar surface area (TPSA) is 25.6 Å². The predicted molar refractivity (Wildman–Crippen MR) is 128 cm³/mol. The number of ether oxygens (including phenoxy) is 1. The van der Waals surface area contributed by atoms with E-state index in [0.29, 0.717) is 22.7 Å². The van der Waals surface area contributed by atoms with Crippen molar-refractivity contribution in [3.8, 4) is 17.1 Å². The van der Waals surface area contributed by atoms with E-state index in [4.69, 9.17) is 9.15 Å². The van der Waals surface area contributed by atoms with Crippen LogP contribution in [-0.2, 0) is 12.7 Å². The molecule has 0 amide bonds. The second-order valence-electron chi connectivity index (χ2n) is 8.49. The lowest BCUT2D eigenvalue weighted by atomic mass is 9.99. The first-order valence-corrected chi connectivity index (χ1v) is 11.2. The van der Waals surface area contributed by atoms with Gasteiger partial charge in [0.25, 0.3) is 0 Å². The second kappa shape index (κ2) is 9.03. The molecule has 4 aromatic rings. The molecule has 0 radical (unpaired) electrons. The maximum atomic E-state index is 13.1. The van der Waals surface area contributed by atoms with E-state index in [1.165, 1.54) is 17.2 Å². The molecule has 6 heteroatoms. The maximum Gasteiger partial charge on any atom is 0.416 e. The molecule has 0 aliphatic carbocycles. The van der Waals surface area contributed by atoms with Gasteiger partial charge >= 0.3 is 6.18 Å². The molecule has 0 fully saturated rings. The monoisotopic (exact) mass is 463 g/mol. The average Bonchev–Trinajstić information content (AvgIpc) is 3.28. The Hall–Kier alpha value is -3.51. The SMILES string of the molecule is COc1cc(CN2CC=C(c3ccccc3)CC2)cc2cc(-c3cccc(C(F)(F)F)c3)oc12. The summed E-state index contributed by atoms with van der Waals surface area (Å²) in [6.07, 6.45) is -1.15. The molecule has 3 nitrogen and oxygen atoms in total. The highest BCUT2D eigenvalue weighted by molar-refractivity contribution is 5.88. The van der Waals surface area contributed by atoms with E-state index in [0.717, 1.165) is 49.1 Å². The summed E-state index contributed by atoms with van der Waals surface area (Å²) < 4.78 is 50.9. The van der Waals surface area contributed by atoms with Crippen LogP contribution in [0.5, 0.6) is 5.75 Å². The zero-order valence-electron chi connectivity index (χ0n) is 18.7. The highest BCUT2D eigenvalue weighted by Gasteiger charge is 2.30. The second-order valence-corrected chi connectivity index (χ2v) is 8.49. The highest BCUT2D eigenvalue weighted by Crippen LogP contribution is 2.37. The lowest BCUT2D eigenvalue weighted by molar-refractivity contribution is -0.137. The first-order chi connectivity index (χ1) is 16.4. The Kier molecular flexibility index (Phi) is 5.92. The normalized spacial score (nSPS) is 14.9. The number of benzene rings is 3. The van der Waals surface area contributed by atoms with Gasteiger partial charge in [0.15, 0.2) is 11.3 Å². The van der Waals surface area contributed by atoms with Crippen molar-refractivity contribution in [3.63, 3.8) is 0 Å². The van der Waals surface area contributed by atoms with Crippen molar-refractivity contribution in [2.24, 2.45) is 0 Å². The van der Waals surface area contributed by atoms with Gasteiger partial charge in [-0.1, -0.05) is 48.5 Å². The van der Waals surface area contributed by atoms with Gasteiger partial charge in [0, 0.05) is 30.6 Å². The summed E-state index contributed by atoms with van der Waals surface area (Å²) in [4.78, 5) is 2.36. The number of rotatable bonds is 5. The molecule has 0 saturated carbocycles. The van der Waals surface area contributed by atoms with Crippen LogP contribution in [0.1, 0.15) is 23.1 Å². The fraction of sp³-hybridized carbons (Fsp3) is 0.214. The van der Waals surface area contributed by atoms with Gasteiger partial charge in [-0.15, -0.1) is 0 Å². The first kappa shape index (κ1) is 22.3. The molecule has 1 aliphatic heterocycles. The molecule has 0 bridgehead atoms. The molecule has 0 spiro atoms. The van der Waals surface area contributed by atoms with Crippen molar-refractivity contribution >= 4 is 16.5 Å². The third-order valence-corrected chi connectivity index (χ3v) is 6.18. The molecule has 0 saturated heterocycles. The number of methoxy groups -OCH3 is 1. The molecular formula is C28H24F3NO2. The molecule has 1 aromatic heterocycles. The summed E-state index contributed by atoms with van der Waals surface area (Å²) in [7, 11) is 1.57. The molecular weight excluding hydrogens is 439 g/mol. The largest absolute Gasteiger partial charge is 0.493 e. The van der Waals surface area contributed by atoms with Gasteiger partial charge in [0.2, 0.25) is 0 Å². The lowest BCUT2D eigenvalue weighted by Gasteiger charge is -2.26. The summed E-state index contributed by atoms with van der Waals surface area (Å²) in [5, 5.41) is 0.805. The Labute approximate surface area is 196 Å². The van der Waals surface area contributed by atoms with Crippen molar-refractivity contribution < 1.29 is 22.3 Å². The van der Waals surface area contributed by atoms with Crippen LogP contribution in [0.4, 0.5) is 13.2 Å². The molecule has 2 heterocycles. The Balaban J connectivity index is 1.39. The summed E-state index contributed by atoms with van der Waals surface area (Å²) in [6.45, 7) is 2.54. The number of furan rings is 1. The molecule has 0 unspecified atom stereocenters. The number of fused-ring (bicyclic) bond motifs is 1. The summed E-state index contributed by atoms with van der Waals surface area (Å²) in [5.74, 6) is 0.952. The standard InChI is InChI=1S/C28H24F3NO2/c1-33-26-15-19(18-32-12-10-21(11-13-32)20-6-3-2-4-7-20)14-23-17-25(34-27(23)26)22-8-5-9-24(16-22)28(29,30)31/h2-10,14-17H,11-13,18H2,1H3. The Morgan fingerprint density at radius 2 is 1.74 bits per heavy atom. The fourth-order valence-electron chi connectivity index (χ4n) is 4.44. The third kappa shape index (κ3) is 4.59. The van der Waals surface area contributed by atoms with Gasteiger partial charge in [-0.25, -0.2) is 0 Å². The van der Waals surface area contributed by atoms with Gasteiger partial charge in [-0.05, 0) is 53.5 Å². The summed E-state index contributed by atoms with van der Waals surface area (Å²) >= 11 is 0. The van der Waals surface area contributed by atoms with Crippen molar-refractivity contribution in [1.82, 2.24) is 4.90 Å². The van der Waals surface area contributed by atoms with E-state index in [1.54, 1.807) is 19.2 Å². The zero-order chi connectivity index (χ0) is 23.7. The fourth-order valence-corrected chi connectivity index (χ4v) is 4.44. The number of nitrogens with zero attached hydrogens (tertiary/aromatic N) is 1. The van der Waals surface area contributed by atoms with Gasteiger partial charge in [-0.2, -0.15) is 13.2 Å². The minimum Gasteiger partial charge on any atom is -0.493 e. The Bertz CT molecular complexity index is 1340. The lowest BCUT2D eigenvalue weighted by Crippen LogP contribution is -2.28. The van der Waals surface area contributed by atoms with Crippen LogP contribution in [0.3, 0.4) is 0 Å². The van der Waals surface area contributed by atoms with Crippen LogP contribution in [0.2, 0.25) is 0 Å². The van der Waals surface area contributed by atoms with Crippen LogP contribution in [-0.4, -0.2) is 25.1 Å². The molecule has 3 aromatic carbocycles. The predicted octanol–water partition coefficient (Wildman–Crippen LogP) is 7.42. The van der Waals surface area contributed by atoms with Crippen molar-refractivity contribution in [3.05, 3.63) is 95.6 Å². The number of alkyl halides is 3. The van der Waals surface area contributed by atoms with Gasteiger partial charge in [0.05, 0.1) is 12.7 Å². The average molecular weight is 463 g/mol. The van der Waals surface area contributed by atoms with E-state index in [9.17, 15) is 13.2 Å². The Morgan fingerprint density at radius 3 is 2.44 bits per heavy atom. The summed E-state index contributed by atoms with van der Waals surface area (Å²) in [5.41, 5.74) is 3.91. The third-order valence-electron chi connectivity index (χ3n) is 6.18. The zero-order valence-corrected chi connectivity index (χ0v) is 18.7. The molecule has 34 heavy (non-hydrogen) atoms. The van der Waals surface area contributed by atoms with Crippen LogP contribution in [0.25, 0.3) is 27.9 Å². The van der Waals surface area contributed by atoms with E-state index >= 15 is 0 Å². The number of halogens is 3. The van der Waals surface area contributed by atoms with Crippen molar-refractivity contribution in [2.45, 2.75) is 19.1 Å². The number of hydrogen-bond acceptors (Lipinski definition) is 3. The van der Waals surface area contributed by atoms with Crippen molar-refractivity contribution in [2.75, 3.05) is 20.2 Å². The van der Waals surface area contributed by atoms with E-state index in [-0.39, 0.29) is 0 Å². The molecule has 0 atom stereocenters. The van der Waals surface area contributed by atoms with Crippen LogP contribution < -0.4 is 4.74 Å². The maximum absolute atomic E-state index is 13.1. The first-order valence-electron chi connectivity index (χ1n) is 11.2. The molecule has 5 rings (SSSR count). The highest BCUT2D eigenvalue weighted by atomic mass is 19.4. The smallest absolute Gasteiger partial charge is 0.416 e.